The topological polar surface area (TPSA) is 75.9 Å². The fourth-order valence-electron chi connectivity index (χ4n) is 3.78. The Morgan fingerprint density at radius 2 is 2.04 bits per heavy atom. The van der Waals surface area contributed by atoms with E-state index in [4.69, 9.17) is 9.26 Å². The number of likely N-dealkylation sites (tertiary alicyclic amines) is 2. The maximum atomic E-state index is 12.7. The van der Waals surface area contributed by atoms with Gasteiger partial charge in [0.25, 0.3) is 0 Å². The van der Waals surface area contributed by atoms with E-state index in [1.165, 1.54) is 0 Å². The first-order valence-corrected chi connectivity index (χ1v) is 9.20. The van der Waals surface area contributed by atoms with Crippen molar-refractivity contribution in [1.29, 1.82) is 0 Å². The summed E-state index contributed by atoms with van der Waals surface area (Å²) in [6.45, 7) is 6.69. The van der Waals surface area contributed by atoms with Crippen LogP contribution in [0, 0.1) is 12.8 Å². The molecule has 0 N–H and O–H groups in total. The van der Waals surface area contributed by atoms with Crippen molar-refractivity contribution >= 4 is 11.9 Å². The van der Waals surface area contributed by atoms with E-state index in [1.54, 1.807) is 0 Å². The lowest BCUT2D eigenvalue weighted by molar-refractivity contribution is -0.151. The first-order valence-electron chi connectivity index (χ1n) is 9.20. The van der Waals surface area contributed by atoms with Crippen LogP contribution in [-0.4, -0.2) is 59.6 Å². The second kappa shape index (κ2) is 7.99. The number of aromatic nitrogens is 1. The number of piperidine rings is 1. The zero-order chi connectivity index (χ0) is 17.8. The SMILES string of the molecule is CCOC(=O)C1CCN(C(=O)CN2CCC[C@@H]2c2cc(C)no2)CC1. The molecule has 3 rings (SSSR count). The van der Waals surface area contributed by atoms with Gasteiger partial charge in [-0.25, -0.2) is 0 Å². The van der Waals surface area contributed by atoms with Gasteiger partial charge < -0.3 is 14.2 Å². The minimum absolute atomic E-state index is 0.0688. The molecule has 7 heteroatoms. The van der Waals surface area contributed by atoms with Gasteiger partial charge in [-0.15, -0.1) is 0 Å². The van der Waals surface area contributed by atoms with Gasteiger partial charge in [0.05, 0.1) is 30.8 Å². The lowest BCUT2D eigenvalue weighted by Crippen LogP contribution is -2.45. The largest absolute Gasteiger partial charge is 0.466 e. The van der Waals surface area contributed by atoms with E-state index in [0.717, 1.165) is 30.8 Å². The number of nitrogens with zero attached hydrogens (tertiary/aromatic N) is 3. The van der Waals surface area contributed by atoms with Crippen LogP contribution in [0.25, 0.3) is 0 Å². The molecule has 0 aliphatic carbocycles. The van der Waals surface area contributed by atoms with Crippen LogP contribution in [0.5, 0.6) is 0 Å². The Hall–Kier alpha value is -1.89. The summed E-state index contributed by atoms with van der Waals surface area (Å²) in [6, 6.07) is 2.10. The van der Waals surface area contributed by atoms with Gasteiger partial charge >= 0.3 is 5.97 Å². The standard InChI is InChI=1S/C18H27N3O4/c1-3-24-18(23)14-6-9-20(10-7-14)17(22)12-21-8-4-5-15(21)16-11-13(2)19-25-16/h11,14-15H,3-10,12H2,1-2H3/t15-/m1/s1. The molecule has 2 saturated heterocycles. The Labute approximate surface area is 148 Å². The highest BCUT2D eigenvalue weighted by atomic mass is 16.5. The lowest BCUT2D eigenvalue weighted by atomic mass is 9.97. The maximum absolute atomic E-state index is 12.7. The summed E-state index contributed by atoms with van der Waals surface area (Å²) in [5.74, 6) is 0.782. The Morgan fingerprint density at radius 1 is 1.28 bits per heavy atom. The average Bonchev–Trinajstić information content (AvgIpc) is 3.24. The van der Waals surface area contributed by atoms with Gasteiger partial charge in [0, 0.05) is 19.2 Å². The van der Waals surface area contributed by atoms with E-state index in [0.29, 0.717) is 39.1 Å². The molecule has 2 aliphatic rings. The van der Waals surface area contributed by atoms with Crippen LogP contribution in [0.15, 0.2) is 10.6 Å². The van der Waals surface area contributed by atoms with E-state index >= 15 is 0 Å². The monoisotopic (exact) mass is 349 g/mol. The maximum Gasteiger partial charge on any atom is 0.309 e. The second-order valence-corrected chi connectivity index (χ2v) is 6.91. The fourth-order valence-corrected chi connectivity index (χ4v) is 3.78. The van der Waals surface area contributed by atoms with Crippen LogP contribution in [0.1, 0.15) is 50.1 Å². The summed E-state index contributed by atoms with van der Waals surface area (Å²) < 4.78 is 10.5. The number of hydrogen-bond donors (Lipinski definition) is 0. The number of amides is 1. The van der Waals surface area contributed by atoms with Gasteiger partial charge in [-0.1, -0.05) is 5.16 Å². The molecule has 138 valence electrons. The summed E-state index contributed by atoms with van der Waals surface area (Å²) in [5, 5.41) is 3.96. The molecule has 1 amide bonds. The predicted molar refractivity (Wildman–Crippen MR) is 90.7 cm³/mol. The third-order valence-electron chi connectivity index (χ3n) is 5.14. The number of esters is 1. The number of carbonyl (C=O) groups excluding carboxylic acids is 2. The van der Waals surface area contributed by atoms with Gasteiger partial charge in [-0.05, 0) is 46.1 Å². The third-order valence-corrected chi connectivity index (χ3v) is 5.14. The first-order chi connectivity index (χ1) is 12.1. The van der Waals surface area contributed by atoms with Crippen molar-refractivity contribution in [3.05, 3.63) is 17.5 Å². The summed E-state index contributed by atoms with van der Waals surface area (Å²) >= 11 is 0. The van der Waals surface area contributed by atoms with Crippen molar-refractivity contribution in [2.75, 3.05) is 32.8 Å². The minimum atomic E-state index is -0.130. The molecular formula is C18H27N3O4. The van der Waals surface area contributed by atoms with Crippen molar-refractivity contribution in [1.82, 2.24) is 15.0 Å². The van der Waals surface area contributed by atoms with Crippen LogP contribution in [0.4, 0.5) is 0 Å². The molecule has 25 heavy (non-hydrogen) atoms. The van der Waals surface area contributed by atoms with Gasteiger partial charge in [0.2, 0.25) is 5.91 Å². The molecule has 2 aliphatic heterocycles. The van der Waals surface area contributed by atoms with Crippen LogP contribution in [0.3, 0.4) is 0 Å². The number of hydrogen-bond acceptors (Lipinski definition) is 6. The van der Waals surface area contributed by atoms with Gasteiger partial charge in [-0.3, -0.25) is 14.5 Å². The van der Waals surface area contributed by atoms with Gasteiger partial charge in [-0.2, -0.15) is 0 Å². The van der Waals surface area contributed by atoms with E-state index in [9.17, 15) is 9.59 Å². The molecule has 0 saturated carbocycles. The fraction of sp³-hybridized carbons (Fsp3) is 0.722. The predicted octanol–water partition coefficient (Wildman–Crippen LogP) is 1.92. The Bertz CT molecular complexity index is 607. The molecule has 0 aromatic carbocycles. The van der Waals surface area contributed by atoms with Crippen LogP contribution in [0.2, 0.25) is 0 Å². The molecule has 0 bridgehead atoms. The van der Waals surface area contributed by atoms with Crippen molar-refractivity contribution in [3.63, 3.8) is 0 Å². The zero-order valence-corrected chi connectivity index (χ0v) is 15.1. The minimum Gasteiger partial charge on any atom is -0.466 e. The Morgan fingerprint density at radius 3 is 2.68 bits per heavy atom. The third kappa shape index (κ3) is 4.21. The zero-order valence-electron chi connectivity index (χ0n) is 15.1. The number of aryl methyl sites for hydroxylation is 1. The van der Waals surface area contributed by atoms with Crippen LogP contribution in [-0.2, 0) is 14.3 Å². The molecule has 3 heterocycles. The highest BCUT2D eigenvalue weighted by Gasteiger charge is 2.33. The molecule has 0 radical (unpaired) electrons. The summed E-state index contributed by atoms with van der Waals surface area (Å²) in [6.07, 6.45) is 3.43. The molecule has 1 aromatic heterocycles. The molecule has 0 spiro atoms. The van der Waals surface area contributed by atoms with Gasteiger partial charge in [0.15, 0.2) is 5.76 Å². The van der Waals surface area contributed by atoms with E-state index in [-0.39, 0.29) is 23.8 Å². The Kier molecular flexibility index (Phi) is 5.73. The van der Waals surface area contributed by atoms with Crippen LogP contribution >= 0.6 is 0 Å². The normalized spacial score (nSPS) is 22.3. The van der Waals surface area contributed by atoms with E-state index in [1.807, 2.05) is 24.8 Å². The number of ether oxygens (including phenoxy) is 1. The van der Waals surface area contributed by atoms with Crippen molar-refractivity contribution in [2.24, 2.45) is 5.92 Å². The molecule has 7 nitrogen and oxygen atoms in total. The first kappa shape index (κ1) is 17.9. The average molecular weight is 349 g/mol. The lowest BCUT2D eigenvalue weighted by Gasteiger charge is -2.32. The molecule has 0 unspecified atom stereocenters. The van der Waals surface area contributed by atoms with Gasteiger partial charge in [0.1, 0.15) is 0 Å². The highest BCUT2D eigenvalue weighted by Crippen LogP contribution is 2.32. The molecule has 1 aromatic rings. The molecule has 1 atom stereocenters. The van der Waals surface area contributed by atoms with Crippen molar-refractivity contribution in [2.45, 2.75) is 45.6 Å². The van der Waals surface area contributed by atoms with E-state index in [2.05, 4.69) is 10.1 Å². The van der Waals surface area contributed by atoms with Crippen molar-refractivity contribution in [3.8, 4) is 0 Å². The summed E-state index contributed by atoms with van der Waals surface area (Å²) in [5.41, 5.74) is 0.870. The highest BCUT2D eigenvalue weighted by molar-refractivity contribution is 5.79. The van der Waals surface area contributed by atoms with E-state index < -0.39 is 0 Å². The second-order valence-electron chi connectivity index (χ2n) is 6.91. The number of carbonyl (C=O) groups is 2. The molecule has 2 fully saturated rings. The Balaban J connectivity index is 1.51. The number of rotatable bonds is 5. The smallest absolute Gasteiger partial charge is 0.309 e. The summed E-state index contributed by atoms with van der Waals surface area (Å²) in [7, 11) is 0. The molecular weight excluding hydrogens is 322 g/mol. The summed E-state index contributed by atoms with van der Waals surface area (Å²) in [4.78, 5) is 28.5. The quantitative estimate of drug-likeness (QED) is 0.756. The van der Waals surface area contributed by atoms with Crippen molar-refractivity contribution < 1.29 is 18.8 Å². The van der Waals surface area contributed by atoms with Crippen LogP contribution < -0.4 is 0 Å².